The molecule has 1 N–H and O–H groups in total. The van der Waals surface area contributed by atoms with Crippen molar-refractivity contribution in [3.63, 3.8) is 0 Å². The predicted molar refractivity (Wildman–Crippen MR) is 95.3 cm³/mol. The molecule has 4 nitrogen and oxygen atoms in total. The number of hydrogen-bond donors (Lipinski definition) is 1. The second kappa shape index (κ2) is 7.49. The number of urea groups is 1. The van der Waals surface area contributed by atoms with Crippen molar-refractivity contribution in [1.29, 1.82) is 0 Å². The molecule has 24 heavy (non-hydrogen) atoms. The third-order valence-corrected chi connectivity index (χ3v) is 4.50. The van der Waals surface area contributed by atoms with Gasteiger partial charge in [0.1, 0.15) is 0 Å². The van der Waals surface area contributed by atoms with E-state index in [0.717, 1.165) is 25.7 Å². The molecule has 3 amide bonds. The Morgan fingerprint density at radius 3 is 2.21 bits per heavy atom. The number of halogens is 1. The van der Waals surface area contributed by atoms with Crippen molar-refractivity contribution in [2.45, 2.75) is 31.7 Å². The topological polar surface area (TPSA) is 49.4 Å². The Balaban J connectivity index is 1.84. The monoisotopic (exact) mass is 342 g/mol. The van der Waals surface area contributed by atoms with Gasteiger partial charge in [-0.05, 0) is 49.2 Å². The van der Waals surface area contributed by atoms with E-state index < -0.39 is 0 Å². The number of para-hydroxylation sites is 1. The van der Waals surface area contributed by atoms with E-state index in [1.807, 2.05) is 18.2 Å². The van der Waals surface area contributed by atoms with Crippen LogP contribution in [0.3, 0.4) is 0 Å². The van der Waals surface area contributed by atoms with Crippen molar-refractivity contribution >= 4 is 29.2 Å². The van der Waals surface area contributed by atoms with Crippen molar-refractivity contribution < 1.29 is 9.59 Å². The average Bonchev–Trinajstić information content (AvgIpc) is 3.10. The zero-order valence-electron chi connectivity index (χ0n) is 13.2. The maximum Gasteiger partial charge on any atom is 0.329 e. The summed E-state index contributed by atoms with van der Waals surface area (Å²) in [5, 5.41) is 3.38. The summed E-state index contributed by atoms with van der Waals surface area (Å²) < 4.78 is 0. The van der Waals surface area contributed by atoms with E-state index in [1.165, 1.54) is 4.90 Å². The van der Waals surface area contributed by atoms with Gasteiger partial charge in [-0.3, -0.25) is 9.69 Å². The van der Waals surface area contributed by atoms with Crippen LogP contribution in [0.5, 0.6) is 0 Å². The Kier molecular flexibility index (Phi) is 5.16. The maximum absolute atomic E-state index is 12.9. The van der Waals surface area contributed by atoms with Crippen LogP contribution in [0.2, 0.25) is 5.02 Å². The summed E-state index contributed by atoms with van der Waals surface area (Å²) in [5.74, 6) is -0.285. The lowest BCUT2D eigenvalue weighted by atomic mass is 10.1. The van der Waals surface area contributed by atoms with Gasteiger partial charge in [-0.25, -0.2) is 4.79 Å². The molecular formula is C19H19ClN2O2. The number of hydrogen-bond acceptors (Lipinski definition) is 2. The van der Waals surface area contributed by atoms with Crippen molar-refractivity contribution in [2.24, 2.45) is 0 Å². The lowest BCUT2D eigenvalue weighted by molar-refractivity contribution is 0.0758. The molecule has 0 aliphatic heterocycles. The molecule has 0 saturated heterocycles. The number of nitrogens with one attached hydrogen (secondary N) is 1. The highest BCUT2D eigenvalue weighted by atomic mass is 35.5. The minimum Gasteiger partial charge on any atom is -0.307 e. The normalized spacial score (nSPS) is 14.4. The summed E-state index contributed by atoms with van der Waals surface area (Å²) in [6, 6.07) is 15.4. The van der Waals surface area contributed by atoms with Crippen LogP contribution in [-0.2, 0) is 0 Å². The van der Waals surface area contributed by atoms with Crippen molar-refractivity contribution in [3.05, 3.63) is 65.2 Å². The van der Waals surface area contributed by atoms with Crippen molar-refractivity contribution in [3.8, 4) is 0 Å². The fraction of sp³-hybridized carbons (Fsp3) is 0.263. The van der Waals surface area contributed by atoms with Gasteiger partial charge in [-0.2, -0.15) is 0 Å². The Hall–Kier alpha value is -2.33. The van der Waals surface area contributed by atoms with Gasteiger partial charge in [0.2, 0.25) is 0 Å². The van der Waals surface area contributed by atoms with E-state index in [-0.39, 0.29) is 18.0 Å². The number of anilines is 1. The van der Waals surface area contributed by atoms with E-state index >= 15 is 0 Å². The van der Waals surface area contributed by atoms with Gasteiger partial charge in [-0.1, -0.05) is 42.6 Å². The van der Waals surface area contributed by atoms with E-state index in [1.54, 1.807) is 36.4 Å². The SMILES string of the molecule is O=C(Nc1ccccc1)N(C(=O)c1ccc(Cl)cc1)C1CCCC1. The number of nitrogens with zero attached hydrogens (tertiary/aromatic N) is 1. The van der Waals surface area contributed by atoms with E-state index in [0.29, 0.717) is 16.3 Å². The molecule has 1 aliphatic rings. The summed E-state index contributed by atoms with van der Waals surface area (Å²) in [4.78, 5) is 27.0. The van der Waals surface area contributed by atoms with E-state index in [4.69, 9.17) is 11.6 Å². The molecule has 1 aliphatic carbocycles. The molecule has 0 unspecified atom stereocenters. The van der Waals surface area contributed by atoms with Crippen LogP contribution < -0.4 is 5.32 Å². The van der Waals surface area contributed by atoms with Gasteiger partial charge >= 0.3 is 6.03 Å². The Morgan fingerprint density at radius 2 is 1.58 bits per heavy atom. The lowest BCUT2D eigenvalue weighted by Gasteiger charge is -2.27. The molecule has 0 atom stereocenters. The maximum atomic E-state index is 12.9. The first-order valence-corrected chi connectivity index (χ1v) is 8.48. The van der Waals surface area contributed by atoms with Crippen molar-refractivity contribution in [1.82, 2.24) is 4.90 Å². The molecule has 0 radical (unpaired) electrons. The number of imide groups is 1. The lowest BCUT2D eigenvalue weighted by Crippen LogP contribution is -2.45. The average molecular weight is 343 g/mol. The first-order valence-electron chi connectivity index (χ1n) is 8.10. The third kappa shape index (κ3) is 3.77. The number of benzene rings is 2. The fourth-order valence-electron chi connectivity index (χ4n) is 3.02. The summed E-state index contributed by atoms with van der Waals surface area (Å²) in [7, 11) is 0. The van der Waals surface area contributed by atoms with E-state index in [9.17, 15) is 9.59 Å². The first kappa shape index (κ1) is 16.5. The second-order valence-electron chi connectivity index (χ2n) is 5.92. The second-order valence-corrected chi connectivity index (χ2v) is 6.35. The van der Waals surface area contributed by atoms with Gasteiger partial charge in [-0.15, -0.1) is 0 Å². The zero-order chi connectivity index (χ0) is 16.9. The fourth-order valence-corrected chi connectivity index (χ4v) is 3.15. The molecule has 5 heteroatoms. The molecule has 1 saturated carbocycles. The summed E-state index contributed by atoms with van der Waals surface area (Å²) in [6.45, 7) is 0. The smallest absolute Gasteiger partial charge is 0.307 e. The van der Waals surface area contributed by atoms with Gasteiger partial charge in [0, 0.05) is 22.3 Å². The molecule has 1 fully saturated rings. The van der Waals surface area contributed by atoms with Crippen LogP contribution in [-0.4, -0.2) is 22.9 Å². The molecule has 0 spiro atoms. The van der Waals surface area contributed by atoms with Crippen molar-refractivity contribution in [2.75, 3.05) is 5.32 Å². The highest BCUT2D eigenvalue weighted by Crippen LogP contribution is 2.26. The van der Waals surface area contributed by atoms with Crippen LogP contribution >= 0.6 is 11.6 Å². The quantitative estimate of drug-likeness (QED) is 0.857. The summed E-state index contributed by atoms with van der Waals surface area (Å²) >= 11 is 5.89. The summed E-state index contributed by atoms with van der Waals surface area (Å²) in [6.07, 6.45) is 3.77. The van der Waals surface area contributed by atoms with E-state index in [2.05, 4.69) is 5.32 Å². The largest absolute Gasteiger partial charge is 0.329 e. The Bertz CT molecular complexity index is 710. The van der Waals surface area contributed by atoms with Gasteiger partial charge in [0.05, 0.1) is 0 Å². The van der Waals surface area contributed by atoms with Crippen LogP contribution in [0.1, 0.15) is 36.0 Å². The minimum atomic E-state index is -0.381. The first-order chi connectivity index (χ1) is 11.6. The minimum absolute atomic E-state index is 0.0584. The third-order valence-electron chi connectivity index (χ3n) is 4.24. The molecule has 2 aromatic carbocycles. The van der Waals surface area contributed by atoms with Gasteiger partial charge in [0.25, 0.3) is 5.91 Å². The zero-order valence-corrected chi connectivity index (χ0v) is 14.0. The molecule has 3 rings (SSSR count). The molecule has 0 bridgehead atoms. The Labute approximate surface area is 146 Å². The van der Waals surface area contributed by atoms with Crippen LogP contribution in [0.15, 0.2) is 54.6 Å². The molecule has 0 aromatic heterocycles. The molecular weight excluding hydrogens is 324 g/mol. The highest BCUT2D eigenvalue weighted by Gasteiger charge is 2.32. The van der Waals surface area contributed by atoms with Crippen LogP contribution in [0.25, 0.3) is 0 Å². The summed E-state index contributed by atoms with van der Waals surface area (Å²) in [5.41, 5.74) is 1.14. The number of carbonyl (C=O) groups excluding carboxylic acids is 2. The van der Waals surface area contributed by atoms with Crippen LogP contribution in [0.4, 0.5) is 10.5 Å². The van der Waals surface area contributed by atoms with Crippen LogP contribution in [0, 0.1) is 0 Å². The highest BCUT2D eigenvalue weighted by molar-refractivity contribution is 6.30. The molecule has 2 aromatic rings. The number of amides is 3. The standard InChI is InChI=1S/C19H19ClN2O2/c20-15-12-10-14(11-13-15)18(23)22(17-8-4-5-9-17)19(24)21-16-6-2-1-3-7-16/h1-3,6-7,10-13,17H,4-5,8-9H2,(H,21,24). The van der Waals surface area contributed by atoms with Gasteiger partial charge in [0.15, 0.2) is 0 Å². The van der Waals surface area contributed by atoms with Gasteiger partial charge < -0.3 is 5.32 Å². The predicted octanol–water partition coefficient (Wildman–Crippen LogP) is 4.96. The number of rotatable bonds is 3. The molecule has 0 heterocycles. The molecule has 124 valence electrons. The number of carbonyl (C=O) groups is 2. The Morgan fingerprint density at radius 1 is 0.958 bits per heavy atom.